The summed E-state index contributed by atoms with van der Waals surface area (Å²) in [5.41, 5.74) is 0.280. The van der Waals surface area contributed by atoms with Gasteiger partial charge in [-0.15, -0.1) is 0 Å². The lowest BCUT2D eigenvalue weighted by molar-refractivity contribution is -0.137. The van der Waals surface area contributed by atoms with Crippen LogP contribution in [0.15, 0.2) is 24.3 Å². The molecule has 0 amide bonds. The minimum Gasteiger partial charge on any atom is -0.370 e. The third-order valence-electron chi connectivity index (χ3n) is 3.45. The summed E-state index contributed by atoms with van der Waals surface area (Å²) in [6.45, 7) is 1.77. The molecule has 0 radical (unpaired) electrons. The highest BCUT2D eigenvalue weighted by molar-refractivity contribution is 5.49. The lowest BCUT2D eigenvalue weighted by atomic mass is 10.2. The number of halogens is 3. The van der Waals surface area contributed by atoms with E-state index in [1.54, 1.807) is 12.1 Å². The smallest absolute Gasteiger partial charge is 0.370 e. The quantitative estimate of drug-likeness (QED) is 0.805. The predicted octanol–water partition coefficient (Wildman–Crippen LogP) is 2.85. The van der Waals surface area contributed by atoms with Gasteiger partial charge < -0.3 is 9.80 Å². The maximum atomic E-state index is 12.4. The van der Waals surface area contributed by atoms with Gasteiger partial charge in [0.25, 0.3) is 0 Å². The first kappa shape index (κ1) is 13.2. The summed E-state index contributed by atoms with van der Waals surface area (Å²) in [6.07, 6.45) is -3.20. The van der Waals surface area contributed by atoms with Crippen molar-refractivity contribution in [3.05, 3.63) is 29.8 Å². The van der Waals surface area contributed by atoms with Crippen LogP contribution in [-0.2, 0) is 6.18 Å². The minimum atomic E-state index is -4.25. The average molecular weight is 258 g/mol. The largest absolute Gasteiger partial charge is 0.416 e. The molecule has 0 N–H and O–H groups in total. The first-order valence-electron chi connectivity index (χ1n) is 5.96. The second kappa shape index (κ2) is 4.80. The molecule has 1 saturated heterocycles. The van der Waals surface area contributed by atoms with Crippen molar-refractivity contribution in [3.63, 3.8) is 0 Å². The number of anilines is 1. The fraction of sp³-hybridized carbons (Fsp3) is 0.538. The molecular weight excluding hydrogens is 241 g/mol. The highest BCUT2D eigenvalue weighted by Crippen LogP contribution is 2.31. The van der Waals surface area contributed by atoms with Crippen LogP contribution in [0.4, 0.5) is 18.9 Å². The van der Waals surface area contributed by atoms with Crippen molar-refractivity contribution in [1.82, 2.24) is 4.90 Å². The van der Waals surface area contributed by atoms with Crippen molar-refractivity contribution in [1.29, 1.82) is 0 Å². The van der Waals surface area contributed by atoms with Gasteiger partial charge in [-0.2, -0.15) is 13.2 Å². The maximum Gasteiger partial charge on any atom is 0.416 e. The summed E-state index contributed by atoms with van der Waals surface area (Å²) in [4.78, 5) is 4.29. The van der Waals surface area contributed by atoms with Crippen LogP contribution in [0.2, 0.25) is 0 Å². The van der Waals surface area contributed by atoms with Crippen molar-refractivity contribution in [2.45, 2.75) is 18.6 Å². The summed E-state index contributed by atoms with van der Waals surface area (Å²) >= 11 is 0. The molecule has 0 spiro atoms. The Bertz CT molecular complexity index is 398. The zero-order valence-electron chi connectivity index (χ0n) is 10.5. The normalized spacial score (nSPS) is 20.8. The van der Waals surface area contributed by atoms with Crippen molar-refractivity contribution in [3.8, 4) is 0 Å². The molecule has 1 fully saturated rings. The Morgan fingerprint density at radius 1 is 1.17 bits per heavy atom. The van der Waals surface area contributed by atoms with Gasteiger partial charge in [-0.05, 0) is 44.8 Å². The van der Waals surface area contributed by atoms with E-state index in [0.29, 0.717) is 6.04 Å². The Morgan fingerprint density at radius 3 is 2.22 bits per heavy atom. The molecule has 100 valence electrons. The SMILES string of the molecule is CN(C)C1CCN(c2ccc(C(F)(F)F)cc2)C1. The molecule has 2 rings (SSSR count). The second-order valence-electron chi connectivity index (χ2n) is 4.90. The first-order valence-corrected chi connectivity index (χ1v) is 5.96. The van der Waals surface area contributed by atoms with Crippen molar-refractivity contribution in [2.75, 3.05) is 32.1 Å². The van der Waals surface area contributed by atoms with Crippen molar-refractivity contribution in [2.24, 2.45) is 0 Å². The van der Waals surface area contributed by atoms with E-state index in [4.69, 9.17) is 0 Å². The number of likely N-dealkylation sites (N-methyl/N-ethyl adjacent to an activating group) is 1. The Hall–Kier alpha value is -1.23. The van der Waals surface area contributed by atoms with Gasteiger partial charge in [-0.3, -0.25) is 0 Å². The molecule has 5 heteroatoms. The Labute approximate surface area is 105 Å². The molecule has 0 bridgehead atoms. The van der Waals surface area contributed by atoms with Crippen LogP contribution in [0.25, 0.3) is 0 Å². The Balaban J connectivity index is 2.07. The molecule has 1 heterocycles. The molecule has 1 aromatic carbocycles. The van der Waals surface area contributed by atoms with Gasteiger partial charge in [0, 0.05) is 24.8 Å². The minimum absolute atomic E-state index is 0.479. The van der Waals surface area contributed by atoms with E-state index in [2.05, 4.69) is 9.80 Å². The standard InChI is InChI=1S/C13H17F3N2/c1-17(2)12-7-8-18(9-12)11-5-3-10(4-6-11)13(14,15)16/h3-6,12H,7-9H2,1-2H3. The number of hydrogen-bond acceptors (Lipinski definition) is 2. The van der Waals surface area contributed by atoms with Crippen LogP contribution in [0.3, 0.4) is 0 Å². The van der Waals surface area contributed by atoms with Crippen molar-refractivity contribution < 1.29 is 13.2 Å². The zero-order valence-corrected chi connectivity index (χ0v) is 10.5. The van der Waals surface area contributed by atoms with Crippen LogP contribution in [0.5, 0.6) is 0 Å². The summed E-state index contributed by atoms with van der Waals surface area (Å²) in [5, 5.41) is 0. The number of benzene rings is 1. The number of rotatable bonds is 2. The molecule has 2 nitrogen and oxygen atoms in total. The van der Waals surface area contributed by atoms with E-state index in [1.807, 2.05) is 14.1 Å². The second-order valence-corrected chi connectivity index (χ2v) is 4.90. The molecule has 18 heavy (non-hydrogen) atoms. The number of alkyl halides is 3. The van der Waals surface area contributed by atoms with Crippen molar-refractivity contribution >= 4 is 5.69 Å². The molecule has 0 aromatic heterocycles. The van der Waals surface area contributed by atoms with Crippen LogP contribution < -0.4 is 4.90 Å². The summed E-state index contributed by atoms with van der Waals surface area (Å²) in [5.74, 6) is 0. The highest BCUT2D eigenvalue weighted by atomic mass is 19.4. The molecule has 1 aliphatic heterocycles. The fourth-order valence-corrected chi connectivity index (χ4v) is 2.26. The topological polar surface area (TPSA) is 6.48 Å². The van der Waals surface area contributed by atoms with E-state index >= 15 is 0 Å². The third-order valence-corrected chi connectivity index (χ3v) is 3.45. The average Bonchev–Trinajstić information content (AvgIpc) is 2.77. The molecule has 1 aromatic rings. The molecule has 0 saturated carbocycles. The monoisotopic (exact) mass is 258 g/mol. The van der Waals surface area contributed by atoms with E-state index in [0.717, 1.165) is 37.3 Å². The van der Waals surface area contributed by atoms with Gasteiger partial charge in [-0.1, -0.05) is 0 Å². The Kier molecular flexibility index (Phi) is 3.52. The lowest BCUT2D eigenvalue weighted by Gasteiger charge is -2.22. The predicted molar refractivity (Wildman–Crippen MR) is 65.7 cm³/mol. The van der Waals surface area contributed by atoms with Gasteiger partial charge in [0.15, 0.2) is 0 Å². The van der Waals surface area contributed by atoms with Crippen LogP contribution in [0.1, 0.15) is 12.0 Å². The van der Waals surface area contributed by atoms with Gasteiger partial charge >= 0.3 is 6.18 Å². The fourth-order valence-electron chi connectivity index (χ4n) is 2.26. The van der Waals surface area contributed by atoms with Gasteiger partial charge in [0.1, 0.15) is 0 Å². The lowest BCUT2D eigenvalue weighted by Crippen LogP contribution is -2.31. The van der Waals surface area contributed by atoms with E-state index in [-0.39, 0.29) is 0 Å². The number of hydrogen-bond donors (Lipinski definition) is 0. The van der Waals surface area contributed by atoms with E-state index < -0.39 is 11.7 Å². The Morgan fingerprint density at radius 2 is 1.78 bits per heavy atom. The molecule has 1 aliphatic rings. The molecular formula is C13H17F3N2. The van der Waals surface area contributed by atoms with Gasteiger partial charge in [0.05, 0.1) is 5.56 Å². The summed E-state index contributed by atoms with van der Waals surface area (Å²) < 4.78 is 37.3. The van der Waals surface area contributed by atoms with Crippen LogP contribution >= 0.6 is 0 Å². The van der Waals surface area contributed by atoms with E-state index in [9.17, 15) is 13.2 Å². The van der Waals surface area contributed by atoms with Crippen LogP contribution in [-0.4, -0.2) is 38.1 Å². The highest BCUT2D eigenvalue weighted by Gasteiger charge is 2.30. The summed E-state index contributed by atoms with van der Waals surface area (Å²) in [7, 11) is 4.06. The van der Waals surface area contributed by atoms with E-state index in [1.165, 1.54) is 0 Å². The molecule has 0 aliphatic carbocycles. The first-order chi connectivity index (χ1) is 8.38. The number of nitrogens with zero attached hydrogens (tertiary/aromatic N) is 2. The molecule has 1 unspecified atom stereocenters. The summed E-state index contributed by atoms with van der Waals surface area (Å²) in [6, 6.07) is 5.89. The van der Waals surface area contributed by atoms with Crippen LogP contribution in [0, 0.1) is 0 Å². The third kappa shape index (κ3) is 2.77. The maximum absolute atomic E-state index is 12.4. The van der Waals surface area contributed by atoms with Gasteiger partial charge in [-0.25, -0.2) is 0 Å². The molecule has 1 atom stereocenters. The zero-order chi connectivity index (χ0) is 13.3. The van der Waals surface area contributed by atoms with Gasteiger partial charge in [0.2, 0.25) is 0 Å².